The zero-order chi connectivity index (χ0) is 16.8. The Bertz CT molecular complexity index is 791. The highest BCUT2D eigenvalue weighted by Gasteiger charge is 2.15. The molecule has 2 heterocycles. The molecule has 2 aromatic rings. The molecule has 0 amide bonds. The summed E-state index contributed by atoms with van der Waals surface area (Å²) in [6.45, 7) is 3.25. The van der Waals surface area contributed by atoms with Crippen LogP contribution in [0.3, 0.4) is 0 Å². The van der Waals surface area contributed by atoms with E-state index >= 15 is 0 Å². The average Bonchev–Trinajstić information content (AvgIpc) is 3.14. The first kappa shape index (κ1) is 16.0. The molecular weight excluding hydrogens is 322 g/mol. The van der Waals surface area contributed by atoms with Crippen molar-refractivity contribution in [1.82, 2.24) is 4.98 Å². The number of hydrogen-bond acceptors (Lipinski definition) is 7. The quantitative estimate of drug-likeness (QED) is 0.863. The Kier molecular flexibility index (Phi) is 5.07. The molecule has 24 heavy (non-hydrogen) atoms. The van der Waals surface area contributed by atoms with Gasteiger partial charge >= 0.3 is 0 Å². The van der Waals surface area contributed by atoms with E-state index in [-0.39, 0.29) is 5.57 Å². The molecule has 3 rings (SSSR count). The molecule has 7 heteroatoms. The molecule has 1 aromatic heterocycles. The summed E-state index contributed by atoms with van der Waals surface area (Å²) in [4.78, 5) is 6.94. The van der Waals surface area contributed by atoms with Gasteiger partial charge in [-0.25, -0.2) is 4.98 Å². The number of nitrogens with one attached hydrogen (secondary N) is 1. The average molecular weight is 337 g/mol. The fourth-order valence-corrected chi connectivity index (χ4v) is 3.17. The van der Waals surface area contributed by atoms with E-state index in [2.05, 4.69) is 15.6 Å². The molecular formula is C17H15N5OS. The minimum absolute atomic E-state index is 0.0359. The van der Waals surface area contributed by atoms with E-state index in [9.17, 15) is 0 Å². The van der Waals surface area contributed by atoms with Gasteiger partial charge in [0.15, 0.2) is 5.13 Å². The maximum absolute atomic E-state index is 8.71. The van der Waals surface area contributed by atoms with E-state index in [1.807, 2.05) is 36.4 Å². The van der Waals surface area contributed by atoms with Crippen molar-refractivity contribution in [2.75, 3.05) is 36.5 Å². The van der Waals surface area contributed by atoms with E-state index in [1.165, 1.54) is 6.20 Å². The first-order chi connectivity index (χ1) is 11.8. The predicted molar refractivity (Wildman–Crippen MR) is 93.5 cm³/mol. The first-order valence-electron chi connectivity index (χ1n) is 7.46. The monoisotopic (exact) mass is 337 g/mol. The maximum Gasteiger partial charge on any atom is 0.186 e. The summed E-state index contributed by atoms with van der Waals surface area (Å²) in [6.07, 6.45) is 1.40. The standard InChI is InChI=1S/C17H15N5OS/c18-9-13(10-19)11-20-15-3-1-14(2-4-15)16-12-24-17(21-16)22-5-7-23-8-6-22/h1-4,11-12,20H,5-8H2. The van der Waals surface area contributed by atoms with Crippen LogP contribution in [0, 0.1) is 22.7 Å². The van der Waals surface area contributed by atoms with Crippen LogP contribution in [0.15, 0.2) is 41.4 Å². The number of nitriles is 2. The van der Waals surface area contributed by atoms with Crippen LogP contribution in [0.5, 0.6) is 0 Å². The van der Waals surface area contributed by atoms with E-state index in [0.29, 0.717) is 0 Å². The van der Waals surface area contributed by atoms with Crippen molar-refractivity contribution >= 4 is 22.2 Å². The van der Waals surface area contributed by atoms with Crippen LogP contribution in [-0.4, -0.2) is 31.3 Å². The maximum atomic E-state index is 8.71. The van der Waals surface area contributed by atoms with E-state index in [1.54, 1.807) is 11.3 Å². The number of thiazole rings is 1. The molecule has 0 saturated carbocycles. The third-order valence-corrected chi connectivity index (χ3v) is 4.48. The topological polar surface area (TPSA) is 85.0 Å². The lowest BCUT2D eigenvalue weighted by molar-refractivity contribution is 0.122. The third-order valence-electron chi connectivity index (χ3n) is 3.58. The SMILES string of the molecule is N#CC(C#N)=CNc1ccc(-c2csc(N3CCOCC3)n2)cc1. The Morgan fingerprint density at radius 2 is 1.92 bits per heavy atom. The fourth-order valence-electron chi connectivity index (χ4n) is 2.28. The van der Waals surface area contributed by atoms with Crippen LogP contribution >= 0.6 is 11.3 Å². The van der Waals surface area contributed by atoms with Crippen molar-refractivity contribution in [2.45, 2.75) is 0 Å². The molecule has 120 valence electrons. The van der Waals surface area contributed by atoms with Crippen LogP contribution < -0.4 is 10.2 Å². The second-order valence-corrected chi connectivity index (χ2v) is 5.95. The van der Waals surface area contributed by atoms with Crippen LogP contribution in [0.25, 0.3) is 11.3 Å². The summed E-state index contributed by atoms with van der Waals surface area (Å²) in [7, 11) is 0. The van der Waals surface area contributed by atoms with Crippen molar-refractivity contribution < 1.29 is 4.74 Å². The number of nitrogens with zero attached hydrogens (tertiary/aromatic N) is 4. The fraction of sp³-hybridized carbons (Fsp3) is 0.235. The summed E-state index contributed by atoms with van der Waals surface area (Å²) < 4.78 is 5.37. The van der Waals surface area contributed by atoms with E-state index in [4.69, 9.17) is 20.2 Å². The molecule has 1 saturated heterocycles. The summed E-state index contributed by atoms with van der Waals surface area (Å²) in [5.41, 5.74) is 2.82. The molecule has 6 nitrogen and oxygen atoms in total. The Balaban J connectivity index is 1.70. The molecule has 0 radical (unpaired) electrons. The number of allylic oxidation sites excluding steroid dienone is 1. The highest BCUT2D eigenvalue weighted by Crippen LogP contribution is 2.28. The van der Waals surface area contributed by atoms with Gasteiger partial charge in [-0.05, 0) is 12.1 Å². The first-order valence-corrected chi connectivity index (χ1v) is 8.33. The van der Waals surface area contributed by atoms with Gasteiger partial charge in [-0.2, -0.15) is 10.5 Å². The van der Waals surface area contributed by atoms with Gasteiger partial charge in [0.25, 0.3) is 0 Å². The lowest BCUT2D eigenvalue weighted by Gasteiger charge is -2.26. The second kappa shape index (κ2) is 7.60. The van der Waals surface area contributed by atoms with E-state index in [0.717, 1.165) is 48.4 Å². The molecule has 0 bridgehead atoms. The molecule has 1 N–H and O–H groups in total. The van der Waals surface area contributed by atoms with Crippen molar-refractivity contribution in [3.05, 3.63) is 41.4 Å². The number of anilines is 2. The summed E-state index contributed by atoms with van der Waals surface area (Å²) in [6, 6.07) is 11.3. The van der Waals surface area contributed by atoms with Crippen molar-refractivity contribution in [3.63, 3.8) is 0 Å². The highest BCUT2D eigenvalue weighted by atomic mass is 32.1. The summed E-state index contributed by atoms with van der Waals surface area (Å²) >= 11 is 1.64. The summed E-state index contributed by atoms with van der Waals surface area (Å²) in [5, 5.41) is 23.4. The third kappa shape index (κ3) is 3.72. The molecule has 0 aliphatic carbocycles. The van der Waals surface area contributed by atoms with Gasteiger partial charge in [0.1, 0.15) is 17.7 Å². The minimum Gasteiger partial charge on any atom is -0.378 e. The molecule has 0 atom stereocenters. The van der Waals surface area contributed by atoms with Crippen molar-refractivity contribution in [1.29, 1.82) is 10.5 Å². The Morgan fingerprint density at radius 1 is 1.21 bits per heavy atom. The van der Waals surface area contributed by atoms with Gasteiger partial charge in [-0.1, -0.05) is 12.1 Å². The summed E-state index contributed by atoms with van der Waals surface area (Å²) in [5.74, 6) is 0. The van der Waals surface area contributed by atoms with E-state index < -0.39 is 0 Å². The van der Waals surface area contributed by atoms with Crippen LogP contribution in [0.1, 0.15) is 0 Å². The molecule has 0 unspecified atom stereocenters. The van der Waals surface area contributed by atoms with Gasteiger partial charge in [0.05, 0.1) is 18.9 Å². The zero-order valence-electron chi connectivity index (χ0n) is 12.9. The van der Waals surface area contributed by atoms with Gasteiger partial charge in [-0.15, -0.1) is 11.3 Å². The van der Waals surface area contributed by atoms with Gasteiger partial charge in [0, 0.05) is 35.9 Å². The Morgan fingerprint density at radius 3 is 2.58 bits per heavy atom. The number of rotatable bonds is 4. The number of aromatic nitrogens is 1. The van der Waals surface area contributed by atoms with Crippen LogP contribution in [0.2, 0.25) is 0 Å². The Hall–Kier alpha value is -2.87. The molecule has 1 fully saturated rings. The van der Waals surface area contributed by atoms with Crippen molar-refractivity contribution in [3.8, 4) is 23.4 Å². The molecule has 1 aromatic carbocycles. The lowest BCUT2D eigenvalue weighted by Crippen LogP contribution is -2.36. The number of benzene rings is 1. The molecule has 1 aliphatic rings. The van der Waals surface area contributed by atoms with Crippen LogP contribution in [0.4, 0.5) is 10.8 Å². The molecule has 0 spiro atoms. The lowest BCUT2D eigenvalue weighted by atomic mass is 10.1. The Labute approximate surface area is 144 Å². The predicted octanol–water partition coefficient (Wildman–Crippen LogP) is 2.99. The number of morpholine rings is 1. The van der Waals surface area contributed by atoms with Gasteiger partial charge in [-0.3, -0.25) is 0 Å². The number of ether oxygens (including phenoxy) is 1. The largest absolute Gasteiger partial charge is 0.378 e. The second-order valence-electron chi connectivity index (χ2n) is 5.12. The number of hydrogen-bond donors (Lipinski definition) is 1. The molecule has 1 aliphatic heterocycles. The minimum atomic E-state index is 0.0359. The smallest absolute Gasteiger partial charge is 0.186 e. The van der Waals surface area contributed by atoms with Crippen molar-refractivity contribution in [2.24, 2.45) is 0 Å². The van der Waals surface area contributed by atoms with Crippen LogP contribution in [-0.2, 0) is 4.74 Å². The highest BCUT2D eigenvalue weighted by molar-refractivity contribution is 7.14. The van der Waals surface area contributed by atoms with Gasteiger partial charge < -0.3 is 15.0 Å². The van der Waals surface area contributed by atoms with Gasteiger partial charge in [0.2, 0.25) is 0 Å². The zero-order valence-corrected chi connectivity index (χ0v) is 13.7. The normalized spacial score (nSPS) is 13.7.